The lowest BCUT2D eigenvalue weighted by molar-refractivity contribution is 0.0592. The molecule has 0 spiro atoms. The van der Waals surface area contributed by atoms with Gasteiger partial charge in [-0.2, -0.15) is 0 Å². The van der Waals surface area contributed by atoms with E-state index in [1.54, 1.807) is 12.1 Å². The summed E-state index contributed by atoms with van der Waals surface area (Å²) in [4.78, 5) is 35.0. The Bertz CT molecular complexity index is 805. The number of halogens is 1. The van der Waals surface area contributed by atoms with E-state index < -0.39 is 18.0 Å². The van der Waals surface area contributed by atoms with Crippen LogP contribution in [-0.4, -0.2) is 32.2 Å². The fourth-order valence-electron chi connectivity index (χ4n) is 1.96. The lowest BCUT2D eigenvalue weighted by Gasteiger charge is -2.10. The molecule has 2 aromatic carbocycles. The number of urea groups is 1. The number of rotatable bonds is 4. The summed E-state index contributed by atoms with van der Waals surface area (Å²) < 4.78 is 9.22. The number of esters is 2. The third-order valence-electron chi connectivity index (χ3n) is 3.20. The van der Waals surface area contributed by atoms with Gasteiger partial charge >= 0.3 is 18.0 Å². The van der Waals surface area contributed by atoms with Crippen LogP contribution in [0.15, 0.2) is 42.5 Å². The molecule has 0 aromatic heterocycles. The quantitative estimate of drug-likeness (QED) is 0.811. The molecule has 2 amide bonds. The highest BCUT2D eigenvalue weighted by molar-refractivity contribution is 6.34. The van der Waals surface area contributed by atoms with Crippen LogP contribution in [0.3, 0.4) is 0 Å². The SMILES string of the molecule is COC(=O)c1ccc(NC(=O)Nc2cc(C(=O)OC)ccc2Cl)cc1. The van der Waals surface area contributed by atoms with E-state index in [0.29, 0.717) is 11.3 Å². The number of carbonyl (C=O) groups excluding carboxylic acids is 3. The summed E-state index contributed by atoms with van der Waals surface area (Å²) in [6.45, 7) is 0. The molecule has 0 bridgehead atoms. The number of hydrogen-bond acceptors (Lipinski definition) is 5. The van der Waals surface area contributed by atoms with Crippen LogP contribution in [0.2, 0.25) is 5.02 Å². The zero-order valence-corrected chi connectivity index (χ0v) is 14.2. The van der Waals surface area contributed by atoms with E-state index in [-0.39, 0.29) is 16.3 Å². The van der Waals surface area contributed by atoms with Crippen molar-refractivity contribution in [1.29, 1.82) is 0 Å². The van der Waals surface area contributed by atoms with E-state index in [1.165, 1.54) is 44.6 Å². The van der Waals surface area contributed by atoms with E-state index in [9.17, 15) is 14.4 Å². The number of hydrogen-bond donors (Lipinski definition) is 2. The minimum atomic E-state index is -0.560. The van der Waals surface area contributed by atoms with Crippen molar-refractivity contribution in [1.82, 2.24) is 0 Å². The topological polar surface area (TPSA) is 93.7 Å². The Hall–Kier alpha value is -3.06. The number of ether oxygens (including phenoxy) is 2. The molecule has 8 heteroatoms. The van der Waals surface area contributed by atoms with E-state index in [0.717, 1.165) is 0 Å². The molecule has 130 valence electrons. The number of benzene rings is 2. The molecule has 0 aliphatic carbocycles. The van der Waals surface area contributed by atoms with Gasteiger partial charge in [0.1, 0.15) is 0 Å². The van der Waals surface area contributed by atoms with Crippen LogP contribution >= 0.6 is 11.6 Å². The molecule has 0 unspecified atom stereocenters. The molecule has 25 heavy (non-hydrogen) atoms. The zero-order valence-electron chi connectivity index (χ0n) is 13.5. The smallest absolute Gasteiger partial charge is 0.337 e. The van der Waals surface area contributed by atoms with Crippen LogP contribution in [0, 0.1) is 0 Å². The predicted octanol–water partition coefficient (Wildman–Crippen LogP) is 3.56. The van der Waals surface area contributed by atoms with E-state index in [4.69, 9.17) is 11.6 Å². The highest BCUT2D eigenvalue weighted by atomic mass is 35.5. The summed E-state index contributed by atoms with van der Waals surface area (Å²) in [7, 11) is 2.54. The first kappa shape index (κ1) is 18.3. The zero-order chi connectivity index (χ0) is 18.4. The monoisotopic (exact) mass is 362 g/mol. The molecule has 0 aliphatic heterocycles. The summed E-state index contributed by atoms with van der Waals surface area (Å²) in [6, 6.07) is 9.97. The lowest BCUT2D eigenvalue weighted by Crippen LogP contribution is -2.20. The molecule has 2 aromatic rings. The van der Waals surface area contributed by atoms with Crippen LogP contribution in [0.25, 0.3) is 0 Å². The van der Waals surface area contributed by atoms with Gasteiger partial charge in [-0.25, -0.2) is 14.4 Å². The van der Waals surface area contributed by atoms with Crippen molar-refractivity contribution in [3.8, 4) is 0 Å². The fraction of sp³-hybridized carbons (Fsp3) is 0.118. The fourth-order valence-corrected chi connectivity index (χ4v) is 2.12. The maximum atomic E-state index is 12.1. The average Bonchev–Trinajstić information content (AvgIpc) is 2.62. The second kappa shape index (κ2) is 8.16. The maximum absolute atomic E-state index is 12.1. The third kappa shape index (κ3) is 4.71. The molecule has 0 aliphatic rings. The van der Waals surface area contributed by atoms with Crippen molar-refractivity contribution in [2.45, 2.75) is 0 Å². The molecular formula is C17H15ClN2O5. The number of anilines is 2. The van der Waals surface area contributed by atoms with Crippen LogP contribution in [-0.2, 0) is 9.47 Å². The number of nitrogens with one attached hydrogen (secondary N) is 2. The van der Waals surface area contributed by atoms with Crippen LogP contribution in [0.1, 0.15) is 20.7 Å². The van der Waals surface area contributed by atoms with Crippen molar-refractivity contribution < 1.29 is 23.9 Å². The average molecular weight is 363 g/mol. The Balaban J connectivity index is 2.07. The first-order chi connectivity index (χ1) is 11.9. The van der Waals surface area contributed by atoms with E-state index in [1.807, 2.05) is 0 Å². The van der Waals surface area contributed by atoms with Gasteiger partial charge in [0.2, 0.25) is 0 Å². The van der Waals surface area contributed by atoms with Gasteiger partial charge < -0.3 is 20.1 Å². The van der Waals surface area contributed by atoms with Gasteiger partial charge in [0, 0.05) is 5.69 Å². The Kier molecular flexibility index (Phi) is 5.97. The predicted molar refractivity (Wildman–Crippen MR) is 93.2 cm³/mol. The van der Waals surface area contributed by atoms with Crippen LogP contribution in [0.5, 0.6) is 0 Å². The number of methoxy groups -OCH3 is 2. The van der Waals surface area contributed by atoms with Crippen molar-refractivity contribution in [3.05, 3.63) is 58.6 Å². The summed E-state index contributed by atoms with van der Waals surface area (Å²) in [5, 5.41) is 5.40. The molecule has 0 radical (unpaired) electrons. The van der Waals surface area contributed by atoms with E-state index >= 15 is 0 Å². The van der Waals surface area contributed by atoms with Crippen molar-refractivity contribution >= 4 is 40.9 Å². The highest BCUT2D eigenvalue weighted by Gasteiger charge is 2.12. The standard InChI is InChI=1S/C17H15ClN2O5/c1-24-15(21)10-3-6-12(7-4-10)19-17(23)20-14-9-11(16(22)25-2)5-8-13(14)18/h3-9H,1-2H3,(H2,19,20,23). The van der Waals surface area contributed by atoms with Gasteiger partial charge in [-0.05, 0) is 42.5 Å². The van der Waals surface area contributed by atoms with Crippen LogP contribution in [0.4, 0.5) is 16.2 Å². The summed E-state index contributed by atoms with van der Waals surface area (Å²) >= 11 is 6.02. The summed E-state index contributed by atoms with van der Waals surface area (Å²) in [6.07, 6.45) is 0. The molecule has 0 fully saturated rings. The van der Waals surface area contributed by atoms with Crippen LogP contribution < -0.4 is 10.6 Å². The first-order valence-corrected chi connectivity index (χ1v) is 7.46. The largest absolute Gasteiger partial charge is 0.465 e. The molecule has 0 atom stereocenters. The second-order valence-electron chi connectivity index (χ2n) is 4.83. The van der Waals surface area contributed by atoms with Crippen molar-refractivity contribution in [2.75, 3.05) is 24.9 Å². The Morgan fingerprint density at radius 1 is 0.840 bits per heavy atom. The minimum absolute atomic E-state index is 0.254. The maximum Gasteiger partial charge on any atom is 0.337 e. The van der Waals surface area contributed by atoms with Gasteiger partial charge in [0.15, 0.2) is 0 Å². The number of amides is 2. The molecule has 7 nitrogen and oxygen atoms in total. The molecule has 0 heterocycles. The highest BCUT2D eigenvalue weighted by Crippen LogP contribution is 2.23. The molecular weight excluding hydrogens is 348 g/mol. The Morgan fingerprint density at radius 2 is 1.40 bits per heavy atom. The molecule has 0 saturated carbocycles. The van der Waals surface area contributed by atoms with Gasteiger partial charge in [0.05, 0.1) is 36.1 Å². The lowest BCUT2D eigenvalue weighted by atomic mass is 10.2. The Labute approximate surface area is 148 Å². The minimum Gasteiger partial charge on any atom is -0.465 e. The first-order valence-electron chi connectivity index (χ1n) is 7.09. The normalized spacial score (nSPS) is 9.88. The molecule has 2 rings (SSSR count). The van der Waals surface area contributed by atoms with E-state index in [2.05, 4.69) is 20.1 Å². The second-order valence-corrected chi connectivity index (χ2v) is 5.24. The van der Waals surface area contributed by atoms with Crippen molar-refractivity contribution in [2.24, 2.45) is 0 Å². The molecule has 0 saturated heterocycles. The van der Waals surface area contributed by atoms with Crippen molar-refractivity contribution in [3.63, 3.8) is 0 Å². The number of carbonyl (C=O) groups is 3. The Morgan fingerprint density at radius 3 is 2.00 bits per heavy atom. The van der Waals surface area contributed by atoms with Gasteiger partial charge in [-0.3, -0.25) is 0 Å². The third-order valence-corrected chi connectivity index (χ3v) is 3.53. The summed E-state index contributed by atoms with van der Waals surface area (Å²) in [5.41, 5.74) is 1.34. The van der Waals surface area contributed by atoms with Gasteiger partial charge in [-0.15, -0.1) is 0 Å². The van der Waals surface area contributed by atoms with Gasteiger partial charge in [-0.1, -0.05) is 11.6 Å². The summed E-state index contributed by atoms with van der Waals surface area (Å²) in [5.74, 6) is -1.01. The van der Waals surface area contributed by atoms with Gasteiger partial charge in [0.25, 0.3) is 0 Å². The molecule has 2 N–H and O–H groups in total.